The summed E-state index contributed by atoms with van der Waals surface area (Å²) in [7, 11) is 0. The SMILES string of the molecule is CCN(c1ccccc1)C1(C#N)CCCCC1. The first-order chi connectivity index (χ1) is 8.32. The number of benzene rings is 1. The van der Waals surface area contributed by atoms with Crippen molar-refractivity contribution in [1.29, 1.82) is 5.26 Å². The molecule has 17 heavy (non-hydrogen) atoms. The molecule has 1 aromatic carbocycles. The molecule has 0 N–H and O–H groups in total. The van der Waals surface area contributed by atoms with Crippen molar-refractivity contribution in [1.82, 2.24) is 0 Å². The molecule has 2 heteroatoms. The molecule has 2 rings (SSSR count). The van der Waals surface area contributed by atoms with E-state index >= 15 is 0 Å². The van der Waals surface area contributed by atoms with Gasteiger partial charge < -0.3 is 4.90 Å². The number of anilines is 1. The molecule has 0 radical (unpaired) electrons. The van der Waals surface area contributed by atoms with Crippen molar-refractivity contribution < 1.29 is 0 Å². The summed E-state index contributed by atoms with van der Waals surface area (Å²) in [5.41, 5.74) is 0.910. The Morgan fingerprint density at radius 1 is 1.18 bits per heavy atom. The van der Waals surface area contributed by atoms with Crippen molar-refractivity contribution >= 4 is 5.69 Å². The summed E-state index contributed by atoms with van der Waals surface area (Å²) in [6.45, 7) is 3.04. The maximum absolute atomic E-state index is 9.61. The fourth-order valence-corrected chi connectivity index (χ4v) is 2.92. The lowest BCUT2D eigenvalue weighted by Crippen LogP contribution is -2.49. The van der Waals surface area contributed by atoms with E-state index in [-0.39, 0.29) is 5.54 Å². The number of nitrogens with zero attached hydrogens (tertiary/aromatic N) is 2. The first kappa shape index (κ1) is 12.0. The third-order valence-electron chi connectivity index (χ3n) is 3.79. The van der Waals surface area contributed by atoms with Crippen molar-refractivity contribution in [2.24, 2.45) is 0 Å². The van der Waals surface area contributed by atoms with Crippen LogP contribution in [0.2, 0.25) is 0 Å². The second kappa shape index (κ2) is 5.23. The smallest absolute Gasteiger partial charge is 0.127 e. The predicted molar refractivity (Wildman–Crippen MR) is 70.9 cm³/mol. The Morgan fingerprint density at radius 2 is 1.82 bits per heavy atom. The van der Waals surface area contributed by atoms with Crippen LogP contribution in [0.25, 0.3) is 0 Å². The van der Waals surface area contributed by atoms with E-state index in [1.807, 2.05) is 18.2 Å². The van der Waals surface area contributed by atoms with E-state index in [0.29, 0.717) is 0 Å². The molecule has 0 saturated heterocycles. The third-order valence-corrected chi connectivity index (χ3v) is 3.79. The average Bonchev–Trinajstić information content (AvgIpc) is 2.42. The van der Waals surface area contributed by atoms with Gasteiger partial charge in [0.15, 0.2) is 0 Å². The number of nitriles is 1. The lowest BCUT2D eigenvalue weighted by Gasteiger charge is -2.42. The standard InChI is InChI=1S/C15H20N2/c1-2-17(14-9-5-3-6-10-14)15(13-16)11-7-4-8-12-15/h3,5-6,9-10H,2,4,7-8,11-12H2,1H3. The first-order valence-electron chi connectivity index (χ1n) is 6.56. The lowest BCUT2D eigenvalue weighted by atomic mass is 9.81. The van der Waals surface area contributed by atoms with Crippen LogP contribution in [-0.2, 0) is 0 Å². The first-order valence-corrected chi connectivity index (χ1v) is 6.56. The van der Waals surface area contributed by atoms with Gasteiger partial charge in [-0.25, -0.2) is 0 Å². The minimum Gasteiger partial charge on any atom is -0.354 e. The van der Waals surface area contributed by atoms with Crippen LogP contribution in [0.3, 0.4) is 0 Å². The Labute approximate surface area is 104 Å². The Bertz CT molecular complexity index is 385. The normalized spacial score (nSPS) is 18.4. The minimum absolute atomic E-state index is 0.269. The lowest BCUT2D eigenvalue weighted by molar-refractivity contribution is 0.344. The minimum atomic E-state index is -0.269. The van der Waals surface area contributed by atoms with Crippen LogP contribution >= 0.6 is 0 Å². The maximum atomic E-state index is 9.61. The number of para-hydroxylation sites is 1. The van der Waals surface area contributed by atoms with E-state index in [1.54, 1.807) is 0 Å². The van der Waals surface area contributed by atoms with Gasteiger partial charge in [-0.1, -0.05) is 37.5 Å². The third kappa shape index (κ3) is 2.29. The van der Waals surface area contributed by atoms with Gasteiger partial charge in [-0.15, -0.1) is 0 Å². The fourth-order valence-electron chi connectivity index (χ4n) is 2.92. The highest BCUT2D eigenvalue weighted by atomic mass is 15.2. The molecule has 0 aromatic heterocycles. The second-order valence-electron chi connectivity index (χ2n) is 4.78. The molecule has 0 aliphatic heterocycles. The zero-order valence-corrected chi connectivity index (χ0v) is 10.5. The Kier molecular flexibility index (Phi) is 3.68. The summed E-state index contributed by atoms with van der Waals surface area (Å²) < 4.78 is 0. The van der Waals surface area contributed by atoms with Crippen molar-refractivity contribution in [3.05, 3.63) is 30.3 Å². The summed E-state index contributed by atoms with van der Waals surface area (Å²) in [4.78, 5) is 2.28. The van der Waals surface area contributed by atoms with Gasteiger partial charge in [0.2, 0.25) is 0 Å². The molecule has 0 bridgehead atoms. The van der Waals surface area contributed by atoms with E-state index in [4.69, 9.17) is 0 Å². The van der Waals surface area contributed by atoms with E-state index in [0.717, 1.165) is 19.4 Å². The molecule has 1 fully saturated rings. The van der Waals surface area contributed by atoms with Crippen LogP contribution in [0.1, 0.15) is 39.0 Å². The van der Waals surface area contributed by atoms with E-state index in [9.17, 15) is 5.26 Å². The van der Waals surface area contributed by atoms with Gasteiger partial charge in [-0.3, -0.25) is 0 Å². The molecule has 1 aliphatic carbocycles. The second-order valence-corrected chi connectivity index (χ2v) is 4.78. The van der Waals surface area contributed by atoms with Gasteiger partial charge >= 0.3 is 0 Å². The highest BCUT2D eigenvalue weighted by Crippen LogP contribution is 2.36. The van der Waals surface area contributed by atoms with Crippen molar-refractivity contribution in [2.75, 3.05) is 11.4 Å². The van der Waals surface area contributed by atoms with Crippen molar-refractivity contribution in [3.63, 3.8) is 0 Å². The van der Waals surface area contributed by atoms with Gasteiger partial charge in [-0.05, 0) is 31.9 Å². The molecular weight excluding hydrogens is 208 g/mol. The molecule has 1 aliphatic rings. The Hall–Kier alpha value is -1.49. The van der Waals surface area contributed by atoms with Crippen LogP contribution in [0, 0.1) is 11.3 Å². The Balaban J connectivity index is 2.31. The summed E-state index contributed by atoms with van der Waals surface area (Å²) in [6, 6.07) is 12.9. The van der Waals surface area contributed by atoms with Crippen molar-refractivity contribution in [3.8, 4) is 6.07 Å². The molecule has 90 valence electrons. The summed E-state index contributed by atoms with van der Waals surface area (Å²) in [5.74, 6) is 0. The van der Waals surface area contributed by atoms with E-state index in [2.05, 4.69) is 30.0 Å². The summed E-state index contributed by atoms with van der Waals surface area (Å²) in [5, 5.41) is 9.61. The maximum Gasteiger partial charge on any atom is 0.127 e. The molecule has 0 atom stereocenters. The molecule has 0 heterocycles. The van der Waals surface area contributed by atoms with Crippen LogP contribution in [-0.4, -0.2) is 12.1 Å². The van der Waals surface area contributed by atoms with E-state index < -0.39 is 0 Å². The molecule has 0 amide bonds. The molecule has 2 nitrogen and oxygen atoms in total. The van der Waals surface area contributed by atoms with E-state index in [1.165, 1.54) is 24.9 Å². The van der Waals surface area contributed by atoms with Gasteiger partial charge in [0.1, 0.15) is 5.54 Å². The quantitative estimate of drug-likeness (QED) is 0.788. The zero-order valence-electron chi connectivity index (χ0n) is 10.5. The zero-order chi connectivity index (χ0) is 12.1. The number of rotatable bonds is 3. The Morgan fingerprint density at radius 3 is 2.35 bits per heavy atom. The van der Waals surface area contributed by atoms with Crippen LogP contribution in [0.5, 0.6) is 0 Å². The average molecular weight is 228 g/mol. The highest BCUT2D eigenvalue weighted by Gasteiger charge is 2.37. The van der Waals surface area contributed by atoms with Crippen LogP contribution in [0.4, 0.5) is 5.69 Å². The van der Waals surface area contributed by atoms with Crippen molar-refractivity contribution in [2.45, 2.75) is 44.6 Å². The highest BCUT2D eigenvalue weighted by molar-refractivity contribution is 5.51. The fraction of sp³-hybridized carbons (Fsp3) is 0.533. The molecular formula is C15H20N2. The monoisotopic (exact) mass is 228 g/mol. The van der Waals surface area contributed by atoms with Gasteiger partial charge in [0.25, 0.3) is 0 Å². The molecule has 0 unspecified atom stereocenters. The predicted octanol–water partition coefficient (Wildman–Crippen LogP) is 3.74. The largest absolute Gasteiger partial charge is 0.354 e. The van der Waals surface area contributed by atoms with Gasteiger partial charge in [0, 0.05) is 12.2 Å². The summed E-state index contributed by atoms with van der Waals surface area (Å²) in [6.07, 6.45) is 5.64. The van der Waals surface area contributed by atoms with Crippen LogP contribution in [0.15, 0.2) is 30.3 Å². The number of hydrogen-bond donors (Lipinski definition) is 0. The van der Waals surface area contributed by atoms with Crippen LogP contribution < -0.4 is 4.90 Å². The number of hydrogen-bond acceptors (Lipinski definition) is 2. The van der Waals surface area contributed by atoms with Gasteiger partial charge in [-0.2, -0.15) is 5.26 Å². The molecule has 1 aromatic rings. The van der Waals surface area contributed by atoms with Gasteiger partial charge in [0.05, 0.1) is 6.07 Å². The molecule has 0 spiro atoms. The summed E-state index contributed by atoms with van der Waals surface area (Å²) >= 11 is 0. The molecule has 1 saturated carbocycles. The topological polar surface area (TPSA) is 27.0 Å².